The standard InChI is InChI=1S/C23H23NO/c1-23(2,18-12-8-5-9-13-18)21-15-14-19(17-10-6-4-7-11-17)20(16-24-3)22(21)25/h4-16,25H,1-3H3. The van der Waals surface area contributed by atoms with Crippen molar-refractivity contribution in [1.29, 1.82) is 0 Å². The second-order valence-corrected chi connectivity index (χ2v) is 6.67. The summed E-state index contributed by atoms with van der Waals surface area (Å²) in [5.41, 5.74) is 4.56. The summed E-state index contributed by atoms with van der Waals surface area (Å²) < 4.78 is 0. The molecule has 0 radical (unpaired) electrons. The van der Waals surface area contributed by atoms with Gasteiger partial charge >= 0.3 is 0 Å². The van der Waals surface area contributed by atoms with E-state index in [1.54, 1.807) is 13.3 Å². The second-order valence-electron chi connectivity index (χ2n) is 6.67. The van der Waals surface area contributed by atoms with Crippen molar-refractivity contribution in [2.45, 2.75) is 19.3 Å². The number of nitrogens with zero attached hydrogens (tertiary/aromatic N) is 1. The Morgan fingerprint density at radius 3 is 2.04 bits per heavy atom. The predicted molar refractivity (Wildman–Crippen MR) is 106 cm³/mol. The van der Waals surface area contributed by atoms with E-state index in [2.05, 4.69) is 37.0 Å². The molecule has 3 rings (SSSR count). The molecule has 2 nitrogen and oxygen atoms in total. The van der Waals surface area contributed by atoms with Gasteiger partial charge < -0.3 is 5.11 Å². The summed E-state index contributed by atoms with van der Waals surface area (Å²) in [6.07, 6.45) is 1.74. The molecule has 0 aliphatic rings. The Morgan fingerprint density at radius 2 is 1.44 bits per heavy atom. The van der Waals surface area contributed by atoms with Crippen molar-refractivity contribution in [3.63, 3.8) is 0 Å². The molecule has 3 aromatic carbocycles. The first-order valence-electron chi connectivity index (χ1n) is 8.45. The van der Waals surface area contributed by atoms with Crippen molar-refractivity contribution in [3.8, 4) is 16.9 Å². The van der Waals surface area contributed by atoms with Gasteiger partial charge in [-0.3, -0.25) is 4.99 Å². The maximum atomic E-state index is 11.1. The predicted octanol–water partition coefficient (Wildman–Crippen LogP) is 5.43. The lowest BCUT2D eigenvalue weighted by Gasteiger charge is -2.28. The van der Waals surface area contributed by atoms with Crippen molar-refractivity contribution in [1.82, 2.24) is 0 Å². The van der Waals surface area contributed by atoms with Gasteiger partial charge in [0.2, 0.25) is 0 Å². The summed E-state index contributed by atoms with van der Waals surface area (Å²) in [5.74, 6) is 0.292. The smallest absolute Gasteiger partial charge is 0.129 e. The summed E-state index contributed by atoms with van der Waals surface area (Å²) in [4.78, 5) is 4.16. The molecule has 0 aliphatic carbocycles. The molecule has 3 aromatic rings. The van der Waals surface area contributed by atoms with Crippen LogP contribution >= 0.6 is 0 Å². The van der Waals surface area contributed by atoms with Crippen molar-refractivity contribution >= 4 is 6.21 Å². The van der Waals surface area contributed by atoms with Crippen LogP contribution in [0.5, 0.6) is 5.75 Å². The van der Waals surface area contributed by atoms with Crippen LogP contribution in [0.15, 0.2) is 77.8 Å². The van der Waals surface area contributed by atoms with E-state index in [0.29, 0.717) is 5.75 Å². The SMILES string of the molecule is CN=Cc1c(-c2ccccc2)ccc(C(C)(C)c2ccccc2)c1O. The molecule has 0 heterocycles. The third kappa shape index (κ3) is 3.20. The Balaban J connectivity index is 2.19. The minimum Gasteiger partial charge on any atom is -0.507 e. The van der Waals surface area contributed by atoms with Gasteiger partial charge in [-0.15, -0.1) is 0 Å². The Kier molecular flexibility index (Phi) is 4.71. The highest BCUT2D eigenvalue weighted by atomic mass is 16.3. The first-order valence-corrected chi connectivity index (χ1v) is 8.45. The monoisotopic (exact) mass is 329 g/mol. The number of rotatable bonds is 4. The molecule has 25 heavy (non-hydrogen) atoms. The Bertz CT molecular complexity index is 881. The third-order valence-corrected chi connectivity index (χ3v) is 4.73. The minimum atomic E-state index is -0.309. The largest absolute Gasteiger partial charge is 0.507 e. The molecule has 2 heteroatoms. The topological polar surface area (TPSA) is 32.6 Å². The normalized spacial score (nSPS) is 11.8. The lowest BCUT2D eigenvalue weighted by Crippen LogP contribution is -2.19. The molecular weight excluding hydrogens is 306 g/mol. The van der Waals surface area contributed by atoms with Gasteiger partial charge in [0, 0.05) is 29.8 Å². The van der Waals surface area contributed by atoms with Crippen LogP contribution < -0.4 is 0 Å². The highest BCUT2D eigenvalue weighted by Crippen LogP contribution is 2.41. The summed E-state index contributed by atoms with van der Waals surface area (Å²) in [6.45, 7) is 4.26. The van der Waals surface area contributed by atoms with E-state index >= 15 is 0 Å². The average Bonchev–Trinajstić information content (AvgIpc) is 2.64. The number of hydrogen-bond acceptors (Lipinski definition) is 2. The number of aromatic hydroxyl groups is 1. The zero-order chi connectivity index (χ0) is 17.9. The van der Waals surface area contributed by atoms with Crippen molar-refractivity contribution < 1.29 is 5.11 Å². The zero-order valence-corrected chi connectivity index (χ0v) is 14.9. The molecule has 0 saturated heterocycles. The first kappa shape index (κ1) is 17.0. The third-order valence-electron chi connectivity index (χ3n) is 4.73. The van der Waals surface area contributed by atoms with E-state index in [9.17, 15) is 5.11 Å². The van der Waals surface area contributed by atoms with Gasteiger partial charge in [0.25, 0.3) is 0 Å². The summed E-state index contributed by atoms with van der Waals surface area (Å²) in [6, 6.07) is 24.4. The molecule has 0 atom stereocenters. The maximum Gasteiger partial charge on any atom is 0.129 e. The molecule has 0 aliphatic heterocycles. The number of hydrogen-bond donors (Lipinski definition) is 1. The number of aliphatic imine (C=N–C) groups is 1. The molecule has 0 bridgehead atoms. The van der Waals surface area contributed by atoms with Gasteiger partial charge in [0.1, 0.15) is 5.75 Å². The minimum absolute atomic E-state index is 0.292. The fraction of sp³-hybridized carbons (Fsp3) is 0.174. The van der Waals surface area contributed by atoms with Crippen LogP contribution in [0.3, 0.4) is 0 Å². The molecule has 0 aromatic heterocycles. The summed E-state index contributed by atoms with van der Waals surface area (Å²) >= 11 is 0. The fourth-order valence-electron chi connectivity index (χ4n) is 3.25. The second kappa shape index (κ2) is 6.94. The van der Waals surface area contributed by atoms with Gasteiger partial charge in [0.05, 0.1) is 0 Å². The lowest BCUT2D eigenvalue weighted by atomic mass is 9.76. The van der Waals surface area contributed by atoms with Crippen LogP contribution in [0.4, 0.5) is 0 Å². The zero-order valence-electron chi connectivity index (χ0n) is 14.9. The maximum absolute atomic E-state index is 11.1. The number of phenolic OH excluding ortho intramolecular Hbond substituents is 1. The Hall–Kier alpha value is -2.87. The Morgan fingerprint density at radius 1 is 0.840 bits per heavy atom. The molecule has 0 unspecified atom stereocenters. The van der Waals surface area contributed by atoms with Gasteiger partial charge in [-0.25, -0.2) is 0 Å². The average molecular weight is 329 g/mol. The molecule has 0 amide bonds. The van der Waals surface area contributed by atoms with Gasteiger partial charge in [-0.05, 0) is 16.7 Å². The summed E-state index contributed by atoms with van der Waals surface area (Å²) in [5, 5.41) is 11.1. The van der Waals surface area contributed by atoms with Gasteiger partial charge in [0.15, 0.2) is 0 Å². The highest BCUT2D eigenvalue weighted by molar-refractivity contribution is 5.94. The lowest BCUT2D eigenvalue weighted by molar-refractivity contribution is 0.452. The summed E-state index contributed by atoms with van der Waals surface area (Å²) in [7, 11) is 1.73. The number of benzene rings is 3. The van der Waals surface area contributed by atoms with E-state index in [-0.39, 0.29) is 5.41 Å². The van der Waals surface area contributed by atoms with Crippen LogP contribution in [0.2, 0.25) is 0 Å². The van der Waals surface area contributed by atoms with Crippen LogP contribution in [0, 0.1) is 0 Å². The van der Waals surface area contributed by atoms with E-state index in [4.69, 9.17) is 0 Å². The van der Waals surface area contributed by atoms with Crippen molar-refractivity contribution in [2.75, 3.05) is 7.05 Å². The molecule has 0 fully saturated rings. The van der Waals surface area contributed by atoms with Crippen LogP contribution in [0.1, 0.15) is 30.5 Å². The first-order chi connectivity index (χ1) is 12.1. The van der Waals surface area contributed by atoms with E-state index < -0.39 is 0 Å². The van der Waals surface area contributed by atoms with Crippen molar-refractivity contribution in [3.05, 3.63) is 89.5 Å². The van der Waals surface area contributed by atoms with E-state index in [1.165, 1.54) is 0 Å². The van der Waals surface area contributed by atoms with E-state index in [1.807, 2.05) is 54.6 Å². The molecule has 1 N–H and O–H groups in total. The van der Waals surface area contributed by atoms with E-state index in [0.717, 1.165) is 27.8 Å². The quantitative estimate of drug-likeness (QED) is 0.636. The molecule has 0 saturated carbocycles. The van der Waals surface area contributed by atoms with Crippen LogP contribution in [-0.2, 0) is 5.41 Å². The number of phenols is 1. The molecule has 126 valence electrons. The van der Waals surface area contributed by atoms with Crippen LogP contribution in [-0.4, -0.2) is 18.4 Å². The molecule has 0 spiro atoms. The Labute approximate surface area is 149 Å². The molecular formula is C23H23NO. The fourth-order valence-corrected chi connectivity index (χ4v) is 3.25. The van der Waals surface area contributed by atoms with Crippen molar-refractivity contribution in [2.24, 2.45) is 4.99 Å². The van der Waals surface area contributed by atoms with Crippen LogP contribution in [0.25, 0.3) is 11.1 Å². The van der Waals surface area contributed by atoms with Gasteiger partial charge in [-0.1, -0.05) is 86.6 Å². The van der Waals surface area contributed by atoms with Gasteiger partial charge in [-0.2, -0.15) is 0 Å². The highest BCUT2D eigenvalue weighted by Gasteiger charge is 2.28.